The Labute approximate surface area is 230 Å². The minimum Gasteiger partial charge on any atom is -0.480 e. The first-order valence-electron chi connectivity index (χ1n) is 12.5. The second-order valence-corrected chi connectivity index (χ2v) is 10.1. The van der Waals surface area contributed by atoms with Crippen molar-refractivity contribution in [3.05, 3.63) is 83.0 Å². The minimum absolute atomic E-state index is 0.0807. The van der Waals surface area contributed by atoms with Crippen LogP contribution < -0.4 is 4.74 Å². The van der Waals surface area contributed by atoms with Gasteiger partial charge in [-0.1, -0.05) is 47.2 Å². The van der Waals surface area contributed by atoms with E-state index >= 15 is 0 Å². The van der Waals surface area contributed by atoms with E-state index in [1.807, 2.05) is 61.2 Å². The molecule has 1 fully saturated rings. The van der Waals surface area contributed by atoms with E-state index in [9.17, 15) is 9.59 Å². The molecule has 3 atom stereocenters. The highest BCUT2D eigenvalue weighted by atomic mass is 32.2. The molecule has 0 radical (unpaired) electrons. The van der Waals surface area contributed by atoms with Crippen LogP contribution in [0.4, 0.5) is 0 Å². The molecule has 0 saturated carbocycles. The van der Waals surface area contributed by atoms with E-state index < -0.39 is 30.4 Å². The fraction of sp³-hybridized carbons (Fsp3) is 0.310. The van der Waals surface area contributed by atoms with E-state index in [1.54, 1.807) is 31.4 Å². The molecule has 0 spiro atoms. The molecule has 202 valence electrons. The van der Waals surface area contributed by atoms with E-state index in [4.69, 9.17) is 18.9 Å². The van der Waals surface area contributed by atoms with Crippen molar-refractivity contribution in [3.8, 4) is 5.88 Å². The van der Waals surface area contributed by atoms with Crippen molar-refractivity contribution in [3.63, 3.8) is 0 Å². The van der Waals surface area contributed by atoms with Crippen molar-refractivity contribution in [2.45, 2.75) is 43.9 Å². The van der Waals surface area contributed by atoms with Crippen molar-refractivity contribution in [2.75, 3.05) is 20.0 Å². The zero-order chi connectivity index (χ0) is 27.5. The number of esters is 2. The van der Waals surface area contributed by atoms with Gasteiger partial charge in [-0.25, -0.2) is 14.6 Å². The van der Waals surface area contributed by atoms with Crippen LogP contribution in [0.3, 0.4) is 0 Å². The fourth-order valence-electron chi connectivity index (χ4n) is 4.44. The monoisotopic (exact) mass is 547 g/mol. The lowest BCUT2D eigenvalue weighted by molar-refractivity contribution is -0.0562. The van der Waals surface area contributed by atoms with E-state index in [0.717, 1.165) is 16.5 Å². The molecule has 0 unspecified atom stereocenters. The zero-order valence-electron chi connectivity index (χ0n) is 22.1. The number of fused-ring (bicyclic) bond motifs is 1. The third-order valence-corrected chi connectivity index (χ3v) is 7.14. The standard InChI is InChI=1S/C29H29N3O6S/c1-17-5-9-19(10-6-17)27(33)36-16-23-22(38-28(34)20-11-7-18(2)8-12-20)15-24(37-23)32-14-13-21-25(32)30-29(39-4)31-26(21)35-3/h5-14,22-24H,15-16H2,1-4H3/t22-,23+,24+/m0/s1. The maximum atomic E-state index is 13.0. The summed E-state index contributed by atoms with van der Waals surface area (Å²) in [5.74, 6) is -0.476. The molecule has 10 heteroatoms. The van der Waals surface area contributed by atoms with E-state index in [2.05, 4.69) is 9.97 Å². The van der Waals surface area contributed by atoms with Crippen LogP contribution in [0.1, 0.15) is 44.5 Å². The highest BCUT2D eigenvalue weighted by molar-refractivity contribution is 7.98. The van der Waals surface area contributed by atoms with Gasteiger partial charge in [0.1, 0.15) is 25.0 Å². The number of aryl methyl sites for hydroxylation is 2. The first-order chi connectivity index (χ1) is 18.9. The maximum Gasteiger partial charge on any atom is 0.338 e. The number of aromatic nitrogens is 3. The summed E-state index contributed by atoms with van der Waals surface area (Å²) in [6.07, 6.45) is 2.22. The number of thioether (sulfide) groups is 1. The first kappa shape index (κ1) is 26.7. The molecule has 39 heavy (non-hydrogen) atoms. The van der Waals surface area contributed by atoms with Crippen LogP contribution in [0.5, 0.6) is 5.88 Å². The topological polar surface area (TPSA) is 102 Å². The van der Waals surface area contributed by atoms with Gasteiger partial charge in [0, 0.05) is 12.6 Å². The molecule has 1 saturated heterocycles. The largest absolute Gasteiger partial charge is 0.480 e. The van der Waals surface area contributed by atoms with Crippen LogP contribution in [0, 0.1) is 13.8 Å². The lowest BCUT2D eigenvalue weighted by Gasteiger charge is -2.19. The average molecular weight is 548 g/mol. The lowest BCUT2D eigenvalue weighted by Crippen LogP contribution is -2.32. The Balaban J connectivity index is 1.39. The summed E-state index contributed by atoms with van der Waals surface area (Å²) >= 11 is 1.40. The summed E-state index contributed by atoms with van der Waals surface area (Å²) in [6.45, 7) is 3.82. The highest BCUT2D eigenvalue weighted by Crippen LogP contribution is 2.36. The van der Waals surface area contributed by atoms with Crippen LogP contribution in [0.2, 0.25) is 0 Å². The number of hydrogen-bond acceptors (Lipinski definition) is 9. The van der Waals surface area contributed by atoms with Gasteiger partial charge < -0.3 is 23.5 Å². The van der Waals surface area contributed by atoms with Crippen molar-refractivity contribution in [1.29, 1.82) is 0 Å². The summed E-state index contributed by atoms with van der Waals surface area (Å²) < 4.78 is 25.2. The normalized spacial score (nSPS) is 18.7. The summed E-state index contributed by atoms with van der Waals surface area (Å²) in [7, 11) is 1.56. The van der Waals surface area contributed by atoms with Crippen molar-refractivity contribution in [2.24, 2.45) is 0 Å². The Kier molecular flexibility index (Phi) is 7.85. The van der Waals surface area contributed by atoms with E-state index in [0.29, 0.717) is 34.2 Å². The third-order valence-electron chi connectivity index (χ3n) is 6.59. The Morgan fingerprint density at radius 2 is 1.62 bits per heavy atom. The van der Waals surface area contributed by atoms with Gasteiger partial charge in [-0.15, -0.1) is 0 Å². The molecule has 0 aliphatic carbocycles. The van der Waals surface area contributed by atoms with Crippen LogP contribution in [0.15, 0.2) is 66.0 Å². The van der Waals surface area contributed by atoms with Crippen molar-refractivity contribution < 1.29 is 28.5 Å². The lowest BCUT2D eigenvalue weighted by atomic mass is 10.1. The van der Waals surface area contributed by atoms with Crippen molar-refractivity contribution >= 4 is 34.7 Å². The molecule has 5 rings (SSSR count). The molecule has 0 N–H and O–H groups in total. The number of methoxy groups -OCH3 is 1. The molecule has 2 aromatic heterocycles. The van der Waals surface area contributed by atoms with Gasteiger partial charge in [-0.05, 0) is 50.4 Å². The Bertz CT molecular complexity index is 1490. The zero-order valence-corrected chi connectivity index (χ0v) is 22.9. The van der Waals surface area contributed by atoms with Gasteiger partial charge in [0.15, 0.2) is 10.8 Å². The molecule has 2 aromatic carbocycles. The Morgan fingerprint density at radius 1 is 0.974 bits per heavy atom. The number of ether oxygens (including phenoxy) is 4. The minimum atomic E-state index is -0.681. The van der Waals surface area contributed by atoms with Gasteiger partial charge in [-0.2, -0.15) is 4.98 Å². The molecule has 4 aromatic rings. The molecule has 1 aliphatic heterocycles. The second-order valence-electron chi connectivity index (χ2n) is 9.32. The number of carbonyl (C=O) groups is 2. The molecular formula is C29H29N3O6S. The van der Waals surface area contributed by atoms with Crippen LogP contribution in [0.25, 0.3) is 11.0 Å². The molecule has 1 aliphatic rings. The Morgan fingerprint density at radius 3 is 2.23 bits per heavy atom. The summed E-state index contributed by atoms with van der Waals surface area (Å²) in [6, 6.07) is 16.2. The van der Waals surface area contributed by atoms with E-state index in [-0.39, 0.29) is 6.61 Å². The molecule has 9 nitrogen and oxygen atoms in total. The number of carbonyl (C=O) groups excluding carboxylic acids is 2. The second kappa shape index (κ2) is 11.5. The molecular weight excluding hydrogens is 518 g/mol. The van der Waals surface area contributed by atoms with Gasteiger partial charge in [0.05, 0.1) is 23.6 Å². The smallest absolute Gasteiger partial charge is 0.338 e. The number of hydrogen-bond donors (Lipinski definition) is 0. The summed E-state index contributed by atoms with van der Waals surface area (Å²) in [4.78, 5) is 34.8. The summed E-state index contributed by atoms with van der Waals surface area (Å²) in [5.41, 5.74) is 3.59. The fourth-order valence-corrected chi connectivity index (χ4v) is 4.79. The maximum absolute atomic E-state index is 13.0. The number of benzene rings is 2. The predicted molar refractivity (Wildman–Crippen MR) is 146 cm³/mol. The quantitative estimate of drug-likeness (QED) is 0.168. The van der Waals surface area contributed by atoms with Gasteiger partial charge in [0.25, 0.3) is 0 Å². The predicted octanol–water partition coefficient (Wildman–Crippen LogP) is 5.15. The molecule has 0 bridgehead atoms. The van der Waals surface area contributed by atoms with Gasteiger partial charge in [0.2, 0.25) is 5.88 Å². The SMILES string of the molecule is COc1nc(SC)nc2c1ccn2[C@H]1C[C@H](OC(=O)c2ccc(C)cc2)[C@@H](COC(=O)c2ccc(C)cc2)O1. The van der Waals surface area contributed by atoms with Gasteiger partial charge in [-0.3, -0.25) is 0 Å². The molecule has 0 amide bonds. The van der Waals surface area contributed by atoms with Crippen LogP contribution in [-0.2, 0) is 14.2 Å². The third kappa shape index (κ3) is 5.76. The number of rotatable bonds is 8. The van der Waals surface area contributed by atoms with Crippen LogP contribution >= 0.6 is 11.8 Å². The Hall–Kier alpha value is -3.89. The van der Waals surface area contributed by atoms with E-state index in [1.165, 1.54) is 11.8 Å². The summed E-state index contributed by atoms with van der Waals surface area (Å²) in [5, 5.41) is 1.30. The number of nitrogens with zero attached hydrogens (tertiary/aromatic N) is 3. The first-order valence-corrected chi connectivity index (χ1v) is 13.7. The van der Waals surface area contributed by atoms with Gasteiger partial charge >= 0.3 is 11.9 Å². The average Bonchev–Trinajstić information content (AvgIpc) is 3.55. The molecule has 3 heterocycles. The van der Waals surface area contributed by atoms with Crippen LogP contribution in [-0.4, -0.2) is 58.7 Å². The van der Waals surface area contributed by atoms with Crippen molar-refractivity contribution in [1.82, 2.24) is 14.5 Å². The highest BCUT2D eigenvalue weighted by Gasteiger charge is 2.40.